The lowest BCUT2D eigenvalue weighted by Gasteiger charge is -2.24. The molecule has 0 spiro atoms. The minimum Gasteiger partial charge on any atom is -0.313 e. The Morgan fingerprint density at radius 1 is 1.19 bits per heavy atom. The lowest BCUT2D eigenvalue weighted by atomic mass is 9.99. The fourth-order valence-corrected chi connectivity index (χ4v) is 3.21. The summed E-state index contributed by atoms with van der Waals surface area (Å²) in [5, 5.41) is 3.47. The van der Waals surface area contributed by atoms with Crippen LogP contribution in [-0.2, 0) is 0 Å². The van der Waals surface area contributed by atoms with Gasteiger partial charge in [0.1, 0.15) is 0 Å². The van der Waals surface area contributed by atoms with Gasteiger partial charge in [0.2, 0.25) is 0 Å². The van der Waals surface area contributed by atoms with Crippen LogP contribution in [0.25, 0.3) is 0 Å². The summed E-state index contributed by atoms with van der Waals surface area (Å²) in [4.78, 5) is 5.06. The molecular formula is C18H31N3. The van der Waals surface area contributed by atoms with Crippen molar-refractivity contribution in [2.24, 2.45) is 0 Å². The maximum atomic E-state index is 3.47. The standard InChI is InChI=1S/C18H31N3/c1-16-8-4-5-9-17(16)18(19-2)10-13-20(3)14-15-21-11-6-7-12-21/h4-5,8-9,18-19H,6-7,10-15H2,1-3H3. The summed E-state index contributed by atoms with van der Waals surface area (Å²) < 4.78 is 0. The van der Waals surface area contributed by atoms with Crippen LogP contribution in [0.2, 0.25) is 0 Å². The number of hydrogen-bond donors (Lipinski definition) is 1. The molecule has 1 aliphatic heterocycles. The molecule has 0 bridgehead atoms. The van der Waals surface area contributed by atoms with Crippen LogP contribution in [-0.4, -0.2) is 56.6 Å². The molecule has 1 aromatic rings. The molecule has 1 heterocycles. The van der Waals surface area contributed by atoms with Gasteiger partial charge in [-0.1, -0.05) is 24.3 Å². The van der Waals surface area contributed by atoms with Crippen molar-refractivity contribution >= 4 is 0 Å². The van der Waals surface area contributed by atoms with E-state index in [1.807, 2.05) is 0 Å². The summed E-state index contributed by atoms with van der Waals surface area (Å²) in [5.74, 6) is 0. The molecule has 0 amide bonds. The first-order valence-corrected chi connectivity index (χ1v) is 8.34. The highest BCUT2D eigenvalue weighted by Crippen LogP contribution is 2.20. The van der Waals surface area contributed by atoms with Crippen LogP contribution in [0.3, 0.4) is 0 Å². The van der Waals surface area contributed by atoms with E-state index < -0.39 is 0 Å². The average Bonchev–Trinajstić information content (AvgIpc) is 3.01. The van der Waals surface area contributed by atoms with Gasteiger partial charge in [-0.3, -0.25) is 0 Å². The topological polar surface area (TPSA) is 18.5 Å². The fourth-order valence-electron chi connectivity index (χ4n) is 3.21. The zero-order valence-electron chi connectivity index (χ0n) is 13.9. The third-order valence-electron chi connectivity index (χ3n) is 4.71. The third kappa shape index (κ3) is 5.10. The Morgan fingerprint density at radius 2 is 1.90 bits per heavy atom. The van der Waals surface area contributed by atoms with Crippen LogP contribution in [0, 0.1) is 6.92 Å². The van der Waals surface area contributed by atoms with Crippen LogP contribution >= 0.6 is 0 Å². The van der Waals surface area contributed by atoms with Crippen molar-refractivity contribution in [3.05, 3.63) is 35.4 Å². The zero-order chi connectivity index (χ0) is 15.1. The number of benzene rings is 1. The van der Waals surface area contributed by atoms with Crippen LogP contribution in [0.4, 0.5) is 0 Å². The quantitative estimate of drug-likeness (QED) is 0.794. The number of aryl methyl sites for hydroxylation is 1. The molecule has 0 aliphatic carbocycles. The van der Waals surface area contributed by atoms with E-state index in [2.05, 4.69) is 60.4 Å². The first kappa shape index (κ1) is 16.5. The monoisotopic (exact) mass is 289 g/mol. The van der Waals surface area contributed by atoms with Crippen molar-refractivity contribution in [2.45, 2.75) is 32.2 Å². The van der Waals surface area contributed by atoms with E-state index in [-0.39, 0.29) is 0 Å². The van der Waals surface area contributed by atoms with Crippen molar-refractivity contribution in [3.8, 4) is 0 Å². The fraction of sp³-hybridized carbons (Fsp3) is 0.667. The molecular weight excluding hydrogens is 258 g/mol. The van der Waals surface area contributed by atoms with E-state index in [1.54, 1.807) is 0 Å². The normalized spacial score (nSPS) is 17.5. The van der Waals surface area contributed by atoms with E-state index in [0.29, 0.717) is 6.04 Å². The Bertz CT molecular complexity index is 413. The number of likely N-dealkylation sites (N-methyl/N-ethyl adjacent to an activating group) is 1. The van der Waals surface area contributed by atoms with Crippen molar-refractivity contribution in [3.63, 3.8) is 0 Å². The summed E-state index contributed by atoms with van der Waals surface area (Å²) in [5.41, 5.74) is 2.82. The molecule has 118 valence electrons. The molecule has 1 atom stereocenters. The molecule has 0 radical (unpaired) electrons. The second-order valence-electron chi connectivity index (χ2n) is 6.34. The molecule has 3 heteroatoms. The van der Waals surface area contributed by atoms with Crippen molar-refractivity contribution < 1.29 is 0 Å². The number of hydrogen-bond acceptors (Lipinski definition) is 3. The molecule has 0 saturated carbocycles. The molecule has 2 rings (SSSR count). The Kier molecular flexibility index (Phi) is 6.68. The Morgan fingerprint density at radius 3 is 2.57 bits per heavy atom. The molecule has 21 heavy (non-hydrogen) atoms. The van der Waals surface area contributed by atoms with Gasteiger partial charge in [-0.2, -0.15) is 0 Å². The van der Waals surface area contributed by atoms with Gasteiger partial charge in [-0.25, -0.2) is 0 Å². The lowest BCUT2D eigenvalue weighted by molar-refractivity contribution is 0.249. The predicted molar refractivity (Wildman–Crippen MR) is 90.8 cm³/mol. The van der Waals surface area contributed by atoms with Gasteiger partial charge in [-0.15, -0.1) is 0 Å². The van der Waals surface area contributed by atoms with Crippen molar-refractivity contribution in [1.82, 2.24) is 15.1 Å². The second-order valence-corrected chi connectivity index (χ2v) is 6.34. The summed E-state index contributed by atoms with van der Waals surface area (Å²) in [7, 11) is 4.32. The maximum absolute atomic E-state index is 3.47. The van der Waals surface area contributed by atoms with Gasteiger partial charge in [0.05, 0.1) is 0 Å². The average molecular weight is 289 g/mol. The van der Waals surface area contributed by atoms with Gasteiger partial charge in [0.25, 0.3) is 0 Å². The van der Waals surface area contributed by atoms with Gasteiger partial charge in [0.15, 0.2) is 0 Å². The van der Waals surface area contributed by atoms with E-state index in [0.717, 1.165) is 13.0 Å². The SMILES string of the molecule is CNC(CCN(C)CCN1CCCC1)c1ccccc1C. The highest BCUT2D eigenvalue weighted by atomic mass is 15.2. The Balaban J connectivity index is 1.75. The van der Waals surface area contributed by atoms with E-state index in [4.69, 9.17) is 0 Å². The smallest absolute Gasteiger partial charge is 0.0332 e. The molecule has 1 fully saturated rings. The van der Waals surface area contributed by atoms with Gasteiger partial charge < -0.3 is 15.1 Å². The Labute approximate surface area is 130 Å². The molecule has 1 aromatic carbocycles. The summed E-state index contributed by atoms with van der Waals surface area (Å²) >= 11 is 0. The number of nitrogens with one attached hydrogen (secondary N) is 1. The third-order valence-corrected chi connectivity index (χ3v) is 4.71. The molecule has 1 N–H and O–H groups in total. The van der Waals surface area contributed by atoms with Gasteiger partial charge >= 0.3 is 0 Å². The van der Waals surface area contributed by atoms with Crippen molar-refractivity contribution in [2.75, 3.05) is 46.8 Å². The minimum atomic E-state index is 0.459. The number of likely N-dealkylation sites (tertiary alicyclic amines) is 1. The van der Waals surface area contributed by atoms with Crippen LogP contribution in [0.15, 0.2) is 24.3 Å². The zero-order valence-corrected chi connectivity index (χ0v) is 13.9. The summed E-state index contributed by atoms with van der Waals surface area (Å²) in [6, 6.07) is 9.18. The van der Waals surface area contributed by atoms with Gasteiger partial charge in [-0.05, 0) is 71.0 Å². The van der Waals surface area contributed by atoms with Crippen LogP contribution in [0.5, 0.6) is 0 Å². The second kappa shape index (κ2) is 8.52. The predicted octanol–water partition coefficient (Wildman–Crippen LogP) is 2.67. The highest BCUT2D eigenvalue weighted by Gasteiger charge is 2.14. The molecule has 1 saturated heterocycles. The van der Waals surface area contributed by atoms with E-state index in [1.165, 1.54) is 50.1 Å². The molecule has 1 aliphatic rings. The highest BCUT2D eigenvalue weighted by molar-refractivity contribution is 5.28. The maximum Gasteiger partial charge on any atom is 0.0332 e. The first-order valence-electron chi connectivity index (χ1n) is 8.34. The minimum absolute atomic E-state index is 0.459. The van der Waals surface area contributed by atoms with Crippen LogP contribution < -0.4 is 5.32 Å². The van der Waals surface area contributed by atoms with E-state index in [9.17, 15) is 0 Å². The Hall–Kier alpha value is -0.900. The lowest BCUT2D eigenvalue weighted by Crippen LogP contribution is -2.33. The number of rotatable bonds is 8. The molecule has 3 nitrogen and oxygen atoms in total. The van der Waals surface area contributed by atoms with E-state index >= 15 is 0 Å². The van der Waals surface area contributed by atoms with Crippen molar-refractivity contribution in [1.29, 1.82) is 0 Å². The van der Waals surface area contributed by atoms with Gasteiger partial charge in [0, 0.05) is 19.1 Å². The molecule has 1 unspecified atom stereocenters. The summed E-state index contributed by atoms with van der Waals surface area (Å²) in [6.45, 7) is 8.37. The number of nitrogens with zero attached hydrogens (tertiary/aromatic N) is 2. The summed E-state index contributed by atoms with van der Waals surface area (Å²) in [6.07, 6.45) is 3.94. The van der Waals surface area contributed by atoms with Crippen LogP contribution in [0.1, 0.15) is 36.4 Å². The first-order chi connectivity index (χ1) is 10.2. The largest absolute Gasteiger partial charge is 0.313 e. The molecule has 0 aromatic heterocycles.